The number of carbonyl (C=O) groups is 2. The van der Waals surface area contributed by atoms with Crippen LogP contribution in [0.1, 0.15) is 40.5 Å². The molecule has 1 saturated heterocycles. The monoisotopic (exact) mass is 364 g/mol. The molecular weight excluding hydrogens is 344 g/mol. The molecule has 0 bridgehead atoms. The fraction of sp³-hybridized carbons (Fsp3) is 0.286. The van der Waals surface area contributed by atoms with E-state index in [4.69, 9.17) is 0 Å². The third-order valence-corrected chi connectivity index (χ3v) is 5.97. The zero-order valence-corrected chi connectivity index (χ0v) is 15.2. The van der Waals surface area contributed by atoms with Crippen LogP contribution in [0.3, 0.4) is 0 Å². The lowest BCUT2D eigenvalue weighted by molar-refractivity contribution is -0.130. The second kappa shape index (κ2) is 7.38. The number of fused-ring (bicyclic) bond motifs is 1. The minimum absolute atomic E-state index is 0.0304. The zero-order valence-electron chi connectivity index (χ0n) is 14.4. The van der Waals surface area contributed by atoms with E-state index in [1.807, 2.05) is 59.5 Å². The summed E-state index contributed by atoms with van der Waals surface area (Å²) in [4.78, 5) is 32.4. The minimum Gasteiger partial charge on any atom is -0.343 e. The first-order valence-electron chi connectivity index (χ1n) is 8.95. The summed E-state index contributed by atoms with van der Waals surface area (Å²) in [5.74, 6) is -0.504. The van der Waals surface area contributed by atoms with Crippen LogP contribution in [0, 0.1) is 0 Å². The van der Waals surface area contributed by atoms with Crippen molar-refractivity contribution in [2.24, 2.45) is 0 Å². The molecule has 1 fully saturated rings. The number of hydrogen-bond acceptors (Lipinski definition) is 4. The second-order valence-corrected chi connectivity index (χ2v) is 7.66. The van der Waals surface area contributed by atoms with Gasteiger partial charge in [0.1, 0.15) is 5.01 Å². The normalized spacial score (nSPS) is 15.3. The number of likely N-dealkylation sites (tertiary alicyclic amines) is 1. The average molecular weight is 364 g/mol. The summed E-state index contributed by atoms with van der Waals surface area (Å²) < 4.78 is 1.04. The van der Waals surface area contributed by atoms with Crippen molar-refractivity contribution in [3.8, 4) is 0 Å². The molecule has 2 heterocycles. The predicted octanol–water partition coefficient (Wildman–Crippen LogP) is 4.28. The van der Waals surface area contributed by atoms with Crippen LogP contribution in [-0.2, 0) is 4.79 Å². The van der Waals surface area contributed by atoms with Crippen LogP contribution < -0.4 is 0 Å². The van der Waals surface area contributed by atoms with Crippen LogP contribution in [0.5, 0.6) is 0 Å². The molecule has 4 nitrogen and oxygen atoms in total. The van der Waals surface area contributed by atoms with Crippen LogP contribution in [0.2, 0.25) is 0 Å². The van der Waals surface area contributed by atoms with Crippen molar-refractivity contribution in [3.63, 3.8) is 0 Å². The van der Waals surface area contributed by atoms with Gasteiger partial charge in [0.15, 0.2) is 5.78 Å². The van der Waals surface area contributed by atoms with Crippen LogP contribution in [0.25, 0.3) is 10.2 Å². The number of aromatic nitrogens is 1. The fourth-order valence-corrected chi connectivity index (χ4v) is 4.47. The van der Waals surface area contributed by atoms with E-state index in [-0.39, 0.29) is 18.1 Å². The summed E-state index contributed by atoms with van der Waals surface area (Å²) in [5, 5.41) is 0.729. The number of carbonyl (C=O) groups excluding carboxylic acids is 2. The van der Waals surface area contributed by atoms with E-state index in [0.717, 1.165) is 41.2 Å². The van der Waals surface area contributed by atoms with Crippen molar-refractivity contribution in [1.82, 2.24) is 9.88 Å². The molecule has 3 aromatic rings. The van der Waals surface area contributed by atoms with E-state index in [2.05, 4.69) is 4.98 Å². The Labute approximate surface area is 156 Å². The van der Waals surface area contributed by atoms with Crippen molar-refractivity contribution in [1.29, 1.82) is 0 Å². The lowest BCUT2D eigenvalue weighted by atomic mass is 9.94. The van der Waals surface area contributed by atoms with E-state index in [1.54, 1.807) is 0 Å². The maximum atomic E-state index is 13.2. The smallest absolute Gasteiger partial charge is 0.223 e. The van der Waals surface area contributed by atoms with Crippen molar-refractivity contribution < 1.29 is 9.59 Å². The number of ketones is 1. The molecule has 0 saturated carbocycles. The highest BCUT2D eigenvalue weighted by molar-refractivity contribution is 7.18. The molecule has 1 aliphatic heterocycles. The van der Waals surface area contributed by atoms with Crippen LogP contribution >= 0.6 is 11.3 Å². The Morgan fingerprint density at radius 2 is 1.69 bits per heavy atom. The molecule has 5 heteroatoms. The quantitative estimate of drug-likeness (QED) is 0.635. The predicted molar refractivity (Wildman–Crippen MR) is 104 cm³/mol. The standard InChI is InChI=1S/C21H20N2O2S/c24-19(23-12-6-7-13-23)14-16(20(25)15-8-2-1-3-9-15)21-22-17-10-4-5-11-18(17)26-21/h1-5,8-11,16H,6-7,12-14H2. The van der Waals surface area contributed by atoms with E-state index in [9.17, 15) is 9.59 Å². The molecule has 0 spiro atoms. The molecule has 1 amide bonds. The van der Waals surface area contributed by atoms with Gasteiger partial charge in [0.05, 0.1) is 16.1 Å². The Kier molecular flexibility index (Phi) is 4.80. The number of benzene rings is 2. The summed E-state index contributed by atoms with van der Waals surface area (Å²) in [5.41, 5.74) is 1.51. The molecule has 1 aromatic heterocycles. The molecule has 2 aromatic carbocycles. The highest BCUT2D eigenvalue weighted by Gasteiger charge is 2.30. The molecular formula is C21H20N2O2S. The van der Waals surface area contributed by atoms with E-state index in [0.29, 0.717) is 5.56 Å². The summed E-state index contributed by atoms with van der Waals surface area (Å²) in [7, 11) is 0. The van der Waals surface area contributed by atoms with Gasteiger partial charge in [-0.3, -0.25) is 9.59 Å². The van der Waals surface area contributed by atoms with Gasteiger partial charge in [-0.15, -0.1) is 11.3 Å². The SMILES string of the molecule is O=C(c1ccccc1)C(CC(=O)N1CCCC1)c1nc2ccccc2s1. The van der Waals surface area contributed by atoms with Crippen LogP contribution in [0.15, 0.2) is 54.6 Å². The van der Waals surface area contributed by atoms with Crippen LogP contribution in [-0.4, -0.2) is 34.7 Å². The van der Waals surface area contributed by atoms with Gasteiger partial charge in [0, 0.05) is 25.1 Å². The van der Waals surface area contributed by atoms with Crippen molar-refractivity contribution in [3.05, 3.63) is 65.2 Å². The van der Waals surface area contributed by atoms with Gasteiger partial charge in [0.2, 0.25) is 5.91 Å². The summed E-state index contributed by atoms with van der Waals surface area (Å²) in [6.45, 7) is 1.59. The first kappa shape index (κ1) is 16.9. The topological polar surface area (TPSA) is 50.3 Å². The number of para-hydroxylation sites is 1. The third-order valence-electron chi connectivity index (χ3n) is 4.82. The lowest BCUT2D eigenvalue weighted by Crippen LogP contribution is -2.30. The number of nitrogens with zero attached hydrogens (tertiary/aromatic N) is 2. The molecule has 26 heavy (non-hydrogen) atoms. The van der Waals surface area contributed by atoms with Crippen molar-refractivity contribution in [2.75, 3.05) is 13.1 Å². The van der Waals surface area contributed by atoms with Crippen LogP contribution in [0.4, 0.5) is 0 Å². The fourth-order valence-electron chi connectivity index (χ4n) is 3.41. The third kappa shape index (κ3) is 3.40. The molecule has 1 atom stereocenters. The Morgan fingerprint density at radius 3 is 2.42 bits per heavy atom. The Bertz CT molecular complexity index is 896. The first-order valence-corrected chi connectivity index (χ1v) is 9.76. The largest absolute Gasteiger partial charge is 0.343 e. The van der Waals surface area contributed by atoms with Gasteiger partial charge >= 0.3 is 0 Å². The minimum atomic E-state index is -0.525. The first-order chi connectivity index (χ1) is 12.7. The highest BCUT2D eigenvalue weighted by Crippen LogP contribution is 2.32. The Hall–Kier alpha value is -2.53. The van der Waals surface area contributed by atoms with Gasteiger partial charge in [-0.2, -0.15) is 0 Å². The molecule has 0 radical (unpaired) electrons. The van der Waals surface area contributed by atoms with Crippen molar-refractivity contribution in [2.45, 2.75) is 25.2 Å². The van der Waals surface area contributed by atoms with E-state index >= 15 is 0 Å². The number of hydrogen-bond donors (Lipinski definition) is 0. The highest BCUT2D eigenvalue weighted by atomic mass is 32.1. The molecule has 0 N–H and O–H groups in total. The van der Waals surface area contributed by atoms with Gasteiger partial charge in [-0.25, -0.2) is 4.98 Å². The number of Topliss-reactive ketones (excluding diaryl/α,β-unsaturated/α-hetero) is 1. The second-order valence-electron chi connectivity index (χ2n) is 6.59. The Morgan fingerprint density at radius 1 is 1.00 bits per heavy atom. The van der Waals surface area contributed by atoms with Gasteiger partial charge in [-0.05, 0) is 25.0 Å². The molecule has 132 valence electrons. The summed E-state index contributed by atoms with van der Waals surface area (Å²) in [6.07, 6.45) is 2.28. The number of amides is 1. The molecule has 1 aliphatic rings. The number of rotatable bonds is 5. The van der Waals surface area contributed by atoms with Gasteiger partial charge in [-0.1, -0.05) is 42.5 Å². The average Bonchev–Trinajstić information content (AvgIpc) is 3.35. The van der Waals surface area contributed by atoms with Gasteiger partial charge in [0.25, 0.3) is 0 Å². The zero-order chi connectivity index (χ0) is 17.9. The molecule has 1 unspecified atom stereocenters. The molecule has 0 aliphatic carbocycles. The molecule has 4 rings (SSSR count). The van der Waals surface area contributed by atoms with E-state index in [1.165, 1.54) is 11.3 Å². The van der Waals surface area contributed by atoms with E-state index < -0.39 is 5.92 Å². The summed E-state index contributed by atoms with van der Waals surface area (Å²) >= 11 is 1.51. The van der Waals surface area contributed by atoms with Gasteiger partial charge < -0.3 is 4.90 Å². The lowest BCUT2D eigenvalue weighted by Gasteiger charge is -2.19. The number of thiazole rings is 1. The maximum Gasteiger partial charge on any atom is 0.223 e. The Balaban J connectivity index is 1.68. The summed E-state index contributed by atoms with van der Waals surface area (Å²) in [6, 6.07) is 17.1. The van der Waals surface area contributed by atoms with Crippen molar-refractivity contribution >= 4 is 33.2 Å². The maximum absolute atomic E-state index is 13.2.